The second kappa shape index (κ2) is 7.96. The Morgan fingerprint density at radius 1 is 1.17 bits per heavy atom. The molecule has 1 amide bonds. The Morgan fingerprint density at radius 3 is 2.53 bits per heavy atom. The minimum atomic E-state index is -2.82. The number of benzene rings is 1. The van der Waals surface area contributed by atoms with Crippen molar-refractivity contribution in [3.8, 4) is 0 Å². The maximum atomic E-state index is 13.6. The molecule has 0 bridgehead atoms. The minimum Gasteiger partial charge on any atom is -0.340 e. The minimum absolute atomic E-state index is 0.0414. The summed E-state index contributed by atoms with van der Waals surface area (Å²) in [4.78, 5) is 24.1. The number of fused-ring (bicyclic) bond motifs is 1. The number of rotatable bonds is 7. The largest absolute Gasteiger partial charge is 0.340 e. The summed E-state index contributed by atoms with van der Waals surface area (Å²) in [7, 11) is 0. The second-order valence-corrected chi connectivity index (χ2v) is 7.02. The number of nitrogens with zero attached hydrogens (tertiary/aromatic N) is 4. The molecule has 1 aromatic carbocycles. The summed E-state index contributed by atoms with van der Waals surface area (Å²) in [6.45, 7) is -0.667. The van der Waals surface area contributed by atoms with Gasteiger partial charge in [0.15, 0.2) is 0 Å². The lowest BCUT2D eigenvalue weighted by molar-refractivity contribution is 0.0919. The lowest BCUT2D eigenvalue weighted by atomic mass is 10.1. The molecule has 0 spiro atoms. The van der Waals surface area contributed by atoms with Crippen LogP contribution in [0.15, 0.2) is 30.6 Å². The van der Waals surface area contributed by atoms with Crippen molar-refractivity contribution < 1.29 is 26.7 Å². The highest BCUT2D eigenvalue weighted by molar-refractivity contribution is 5.92. The van der Waals surface area contributed by atoms with Crippen LogP contribution in [0.2, 0.25) is 0 Å². The first-order valence-corrected chi connectivity index (χ1v) is 9.18. The van der Waals surface area contributed by atoms with Crippen LogP contribution in [-0.2, 0) is 6.54 Å². The van der Waals surface area contributed by atoms with Gasteiger partial charge in [0.1, 0.15) is 23.0 Å². The fourth-order valence-corrected chi connectivity index (χ4v) is 3.29. The average Bonchev–Trinajstić information content (AvgIpc) is 3.49. The highest BCUT2D eigenvalue weighted by Gasteiger charge is 2.37. The summed E-state index contributed by atoms with van der Waals surface area (Å²) in [5.41, 5.74) is -0.224. The molecule has 6 nitrogen and oxygen atoms in total. The first kappa shape index (κ1) is 20.2. The van der Waals surface area contributed by atoms with Crippen molar-refractivity contribution in [2.75, 3.05) is 0 Å². The lowest BCUT2D eigenvalue weighted by Crippen LogP contribution is -2.33. The summed E-state index contributed by atoms with van der Waals surface area (Å²) in [5, 5.41) is 2.70. The Hall–Kier alpha value is -3.11. The maximum absolute atomic E-state index is 13.6. The number of hydrogen-bond donors (Lipinski definition) is 1. The summed E-state index contributed by atoms with van der Waals surface area (Å²) >= 11 is 0. The van der Waals surface area contributed by atoms with Gasteiger partial charge in [0.05, 0.1) is 36.0 Å². The quantitative estimate of drug-likeness (QED) is 0.580. The molecule has 1 aliphatic rings. The molecule has 3 aromatic rings. The van der Waals surface area contributed by atoms with Crippen LogP contribution in [-0.4, -0.2) is 31.9 Å². The smallest absolute Gasteiger partial charge is 0.281 e. The Balaban J connectivity index is 1.67. The van der Waals surface area contributed by atoms with Gasteiger partial charge in [-0.2, -0.15) is 0 Å². The molecule has 0 saturated heterocycles. The molecule has 1 fully saturated rings. The summed E-state index contributed by atoms with van der Waals surface area (Å²) in [5.74, 6) is -1.11. The van der Waals surface area contributed by atoms with E-state index in [2.05, 4.69) is 20.3 Å². The fourth-order valence-electron chi connectivity index (χ4n) is 3.29. The van der Waals surface area contributed by atoms with Gasteiger partial charge in [-0.3, -0.25) is 9.78 Å². The van der Waals surface area contributed by atoms with Gasteiger partial charge in [-0.15, -0.1) is 0 Å². The van der Waals surface area contributed by atoms with E-state index < -0.39 is 42.9 Å². The monoisotopic (exact) mass is 425 g/mol. The molecule has 1 atom stereocenters. The Kier molecular flexibility index (Phi) is 5.35. The zero-order valence-electron chi connectivity index (χ0n) is 15.4. The van der Waals surface area contributed by atoms with Crippen LogP contribution in [0.25, 0.3) is 11.0 Å². The first-order valence-electron chi connectivity index (χ1n) is 9.18. The van der Waals surface area contributed by atoms with Crippen molar-refractivity contribution in [3.05, 3.63) is 53.6 Å². The van der Waals surface area contributed by atoms with E-state index in [1.54, 1.807) is 0 Å². The van der Waals surface area contributed by atoms with Crippen LogP contribution in [0.5, 0.6) is 0 Å². The summed E-state index contributed by atoms with van der Waals surface area (Å²) in [6, 6.07) is 2.94. The van der Waals surface area contributed by atoms with Gasteiger partial charge in [0.2, 0.25) is 0 Å². The van der Waals surface area contributed by atoms with Crippen molar-refractivity contribution in [2.45, 2.75) is 38.3 Å². The van der Waals surface area contributed by atoms with Crippen LogP contribution in [0, 0.1) is 11.7 Å². The second-order valence-electron chi connectivity index (χ2n) is 7.02. The van der Waals surface area contributed by atoms with E-state index in [0.717, 1.165) is 37.4 Å². The number of carbonyl (C=O) groups is 1. The fraction of sp³-hybridized carbons (Fsp3) is 0.368. The van der Waals surface area contributed by atoms with Gasteiger partial charge in [-0.25, -0.2) is 31.9 Å². The number of imidazole rings is 1. The van der Waals surface area contributed by atoms with E-state index in [0.29, 0.717) is 5.52 Å². The molecular formula is C19H16F5N5O. The van der Waals surface area contributed by atoms with Gasteiger partial charge in [-0.1, -0.05) is 0 Å². The molecule has 1 saturated carbocycles. The van der Waals surface area contributed by atoms with Crippen LogP contribution in [0.3, 0.4) is 0 Å². The summed E-state index contributed by atoms with van der Waals surface area (Å²) in [6.07, 6.45) is -2.28. The molecule has 1 aliphatic carbocycles. The molecule has 158 valence electrons. The Bertz CT molecular complexity index is 1070. The van der Waals surface area contributed by atoms with E-state index in [9.17, 15) is 26.7 Å². The molecule has 0 unspecified atom stereocenters. The third-order valence-electron chi connectivity index (χ3n) is 4.85. The third kappa shape index (κ3) is 4.10. The van der Waals surface area contributed by atoms with Crippen molar-refractivity contribution in [2.24, 2.45) is 5.92 Å². The molecule has 1 N–H and O–H groups in total. The van der Waals surface area contributed by atoms with Gasteiger partial charge in [0, 0.05) is 6.07 Å². The van der Waals surface area contributed by atoms with Gasteiger partial charge < -0.3 is 9.88 Å². The number of carbonyl (C=O) groups excluding carboxylic acids is 1. The van der Waals surface area contributed by atoms with Crippen LogP contribution < -0.4 is 5.32 Å². The molecule has 0 aliphatic heterocycles. The van der Waals surface area contributed by atoms with E-state index in [1.807, 2.05) is 0 Å². The normalized spacial score (nSPS) is 15.2. The number of alkyl halides is 4. The number of hydrogen-bond acceptors (Lipinski definition) is 4. The molecule has 30 heavy (non-hydrogen) atoms. The van der Waals surface area contributed by atoms with Crippen LogP contribution in [0.4, 0.5) is 22.0 Å². The molecule has 2 heterocycles. The third-order valence-corrected chi connectivity index (χ3v) is 4.85. The highest BCUT2D eigenvalue weighted by Crippen LogP contribution is 2.41. The predicted molar refractivity (Wildman–Crippen MR) is 95.6 cm³/mol. The average molecular weight is 425 g/mol. The SMILES string of the molecule is O=C(N[C@H](c1nc2cc(F)ccc2n1CC(F)F)C1CC1)c1cnc(C(F)F)cn1. The van der Waals surface area contributed by atoms with Crippen molar-refractivity contribution >= 4 is 16.9 Å². The Morgan fingerprint density at radius 2 is 1.93 bits per heavy atom. The van der Waals surface area contributed by atoms with E-state index in [-0.39, 0.29) is 23.0 Å². The number of nitrogens with one attached hydrogen (secondary N) is 1. The number of halogens is 5. The molecule has 0 radical (unpaired) electrons. The zero-order valence-corrected chi connectivity index (χ0v) is 15.4. The molecule has 11 heteroatoms. The number of amides is 1. The molecule has 2 aromatic heterocycles. The van der Waals surface area contributed by atoms with Gasteiger partial charge in [0.25, 0.3) is 18.8 Å². The van der Waals surface area contributed by atoms with E-state index in [1.165, 1.54) is 10.6 Å². The van der Waals surface area contributed by atoms with Crippen LogP contribution >= 0.6 is 0 Å². The molecular weight excluding hydrogens is 409 g/mol. The number of aromatic nitrogens is 4. The predicted octanol–water partition coefficient (Wildman–Crippen LogP) is 4.05. The topological polar surface area (TPSA) is 72.7 Å². The zero-order chi connectivity index (χ0) is 21.4. The van der Waals surface area contributed by atoms with E-state index in [4.69, 9.17) is 0 Å². The van der Waals surface area contributed by atoms with Gasteiger partial charge >= 0.3 is 0 Å². The van der Waals surface area contributed by atoms with Crippen LogP contribution in [0.1, 0.15) is 47.3 Å². The summed E-state index contributed by atoms with van der Waals surface area (Å²) < 4.78 is 66.5. The van der Waals surface area contributed by atoms with Crippen molar-refractivity contribution in [1.29, 1.82) is 0 Å². The standard InChI is InChI=1S/C19H16F5N5O/c20-10-3-4-14-11(5-10)27-18(29(14)8-15(21)22)16(9-1-2-9)28-19(30)13-7-25-12(6-26-13)17(23)24/h3-7,9,15-17H,1-2,8H2,(H,28,30)/t16-/m0/s1. The van der Waals surface area contributed by atoms with E-state index >= 15 is 0 Å². The Labute approximate surface area is 167 Å². The molecule has 4 rings (SSSR count). The highest BCUT2D eigenvalue weighted by atomic mass is 19.3. The van der Waals surface area contributed by atoms with Gasteiger partial charge in [-0.05, 0) is 30.9 Å². The van der Waals surface area contributed by atoms with Crippen molar-refractivity contribution in [1.82, 2.24) is 24.8 Å². The maximum Gasteiger partial charge on any atom is 0.281 e. The lowest BCUT2D eigenvalue weighted by Gasteiger charge is -2.19. The first-order chi connectivity index (χ1) is 14.3. The van der Waals surface area contributed by atoms with Crippen molar-refractivity contribution in [3.63, 3.8) is 0 Å².